The predicted octanol–water partition coefficient (Wildman–Crippen LogP) is 2.74. The second kappa shape index (κ2) is 5.73. The fourth-order valence-electron chi connectivity index (χ4n) is 2.85. The van der Waals surface area contributed by atoms with E-state index >= 15 is 0 Å². The first-order valence-electron chi connectivity index (χ1n) is 7.43. The number of hydrogen-bond donors (Lipinski definition) is 0. The van der Waals surface area contributed by atoms with Crippen LogP contribution in [-0.4, -0.2) is 35.6 Å². The first-order chi connectivity index (χ1) is 11.8. The zero-order valence-electron chi connectivity index (χ0n) is 13.2. The molecule has 0 bridgehead atoms. The summed E-state index contributed by atoms with van der Waals surface area (Å²) in [5, 5.41) is 8.37. The van der Waals surface area contributed by atoms with Crippen LogP contribution in [0.4, 0.5) is 0 Å². The van der Waals surface area contributed by atoms with Gasteiger partial charge in [-0.2, -0.15) is 0 Å². The summed E-state index contributed by atoms with van der Waals surface area (Å²) in [7, 11) is 3.03. The third-order valence-electron chi connectivity index (χ3n) is 3.82. The molecule has 0 atom stereocenters. The first-order valence-corrected chi connectivity index (χ1v) is 7.43. The van der Waals surface area contributed by atoms with Gasteiger partial charge in [-0.15, -0.1) is 0 Å². The van der Waals surface area contributed by atoms with Crippen LogP contribution in [0.25, 0.3) is 11.0 Å². The number of para-hydroxylation sites is 2. The Hall–Kier alpha value is -3.28. The fourth-order valence-corrected chi connectivity index (χ4v) is 2.85. The van der Waals surface area contributed by atoms with Gasteiger partial charge in [0.15, 0.2) is 0 Å². The molecule has 0 unspecified atom stereocenters. The van der Waals surface area contributed by atoms with E-state index in [1.165, 1.54) is 14.2 Å². The Morgan fingerprint density at radius 1 is 0.667 bits per heavy atom. The summed E-state index contributed by atoms with van der Waals surface area (Å²) in [5.41, 5.74) is 5.87. The van der Waals surface area contributed by atoms with E-state index in [2.05, 4.69) is 10.3 Å². The highest BCUT2D eigenvalue weighted by molar-refractivity contribution is 6.30. The number of nitrogens with zero attached hydrogens (tertiary/aromatic N) is 4. The van der Waals surface area contributed by atoms with Gasteiger partial charge in [-0.05, 0) is 12.1 Å². The predicted molar refractivity (Wildman–Crippen MR) is 91.3 cm³/mol. The Bertz CT molecular complexity index is 916. The van der Waals surface area contributed by atoms with Crippen LogP contribution in [0.15, 0.2) is 58.8 Å². The largest absolute Gasteiger partial charge is 0.399 e. The SMILES string of the molecule is CO/N=C1/c2ccccc2/C(=N/OC)c2nc3ccccc3nc21. The highest BCUT2D eigenvalue weighted by Crippen LogP contribution is 2.28. The minimum absolute atomic E-state index is 0.630. The standard InChI is InChI=1S/C18H14N4O2/c1-23-21-15-11-7-3-4-8-12(11)16(22-24-2)18-17(15)19-13-9-5-6-10-14(13)20-18/h3-10H,1-2H3/b21-15-,22-16-. The number of rotatable bonds is 2. The van der Waals surface area contributed by atoms with E-state index in [1.807, 2.05) is 48.5 Å². The zero-order valence-corrected chi connectivity index (χ0v) is 13.2. The van der Waals surface area contributed by atoms with Gasteiger partial charge in [0, 0.05) is 11.1 Å². The van der Waals surface area contributed by atoms with Crippen molar-refractivity contribution in [3.05, 3.63) is 71.0 Å². The van der Waals surface area contributed by atoms with Crippen LogP contribution in [0.2, 0.25) is 0 Å². The van der Waals surface area contributed by atoms with E-state index in [0.717, 1.165) is 22.2 Å². The maximum atomic E-state index is 5.05. The Balaban J connectivity index is 2.10. The summed E-state index contributed by atoms with van der Waals surface area (Å²) in [4.78, 5) is 19.6. The maximum Gasteiger partial charge on any atom is 0.138 e. The molecule has 1 aliphatic carbocycles. The minimum atomic E-state index is 0.630. The molecule has 0 fully saturated rings. The van der Waals surface area contributed by atoms with Gasteiger partial charge >= 0.3 is 0 Å². The molecule has 1 heterocycles. The molecule has 0 saturated carbocycles. The first kappa shape index (κ1) is 14.3. The number of aromatic nitrogens is 2. The lowest BCUT2D eigenvalue weighted by Gasteiger charge is -2.20. The van der Waals surface area contributed by atoms with Gasteiger partial charge < -0.3 is 9.68 Å². The quantitative estimate of drug-likeness (QED) is 0.533. The smallest absolute Gasteiger partial charge is 0.138 e. The monoisotopic (exact) mass is 318 g/mol. The number of fused-ring (bicyclic) bond motifs is 3. The van der Waals surface area contributed by atoms with Crippen molar-refractivity contribution in [1.29, 1.82) is 0 Å². The van der Waals surface area contributed by atoms with Crippen LogP contribution < -0.4 is 0 Å². The van der Waals surface area contributed by atoms with Crippen molar-refractivity contribution >= 4 is 22.5 Å². The molecule has 0 radical (unpaired) electrons. The van der Waals surface area contributed by atoms with Crippen LogP contribution in [0.5, 0.6) is 0 Å². The van der Waals surface area contributed by atoms with E-state index in [0.29, 0.717) is 22.8 Å². The van der Waals surface area contributed by atoms with Crippen LogP contribution in [0.3, 0.4) is 0 Å². The van der Waals surface area contributed by atoms with Gasteiger partial charge in [0.1, 0.15) is 37.0 Å². The molecule has 0 N–H and O–H groups in total. The molecule has 24 heavy (non-hydrogen) atoms. The molecule has 3 aromatic rings. The van der Waals surface area contributed by atoms with Crippen molar-refractivity contribution < 1.29 is 9.68 Å². The molecule has 1 aromatic heterocycles. The molecular formula is C18H14N4O2. The summed E-state index contributed by atoms with van der Waals surface area (Å²) in [6, 6.07) is 15.5. The number of hydrogen-bond acceptors (Lipinski definition) is 6. The summed E-state index contributed by atoms with van der Waals surface area (Å²) in [6.45, 7) is 0. The summed E-state index contributed by atoms with van der Waals surface area (Å²) in [5.74, 6) is 0. The lowest BCUT2D eigenvalue weighted by molar-refractivity contribution is 0.213. The van der Waals surface area contributed by atoms with E-state index in [-0.39, 0.29) is 0 Å². The van der Waals surface area contributed by atoms with E-state index < -0.39 is 0 Å². The summed E-state index contributed by atoms with van der Waals surface area (Å²) >= 11 is 0. The molecule has 4 rings (SSSR count). The summed E-state index contributed by atoms with van der Waals surface area (Å²) < 4.78 is 0. The highest BCUT2D eigenvalue weighted by atomic mass is 16.6. The maximum absolute atomic E-state index is 5.05. The van der Waals surface area contributed by atoms with E-state index in [4.69, 9.17) is 19.6 Å². The van der Waals surface area contributed by atoms with Gasteiger partial charge in [-0.3, -0.25) is 0 Å². The lowest BCUT2D eigenvalue weighted by Crippen LogP contribution is -2.25. The van der Waals surface area contributed by atoms with Crippen molar-refractivity contribution in [3.63, 3.8) is 0 Å². The third kappa shape index (κ3) is 2.11. The molecule has 118 valence electrons. The van der Waals surface area contributed by atoms with Crippen molar-refractivity contribution in [2.75, 3.05) is 14.2 Å². The second-order valence-corrected chi connectivity index (χ2v) is 5.20. The molecule has 0 aliphatic heterocycles. The molecular weight excluding hydrogens is 304 g/mol. The summed E-state index contributed by atoms with van der Waals surface area (Å²) in [6.07, 6.45) is 0. The average molecular weight is 318 g/mol. The van der Waals surface area contributed by atoms with Crippen molar-refractivity contribution in [3.8, 4) is 0 Å². The molecule has 0 amide bonds. The second-order valence-electron chi connectivity index (χ2n) is 5.20. The molecule has 0 saturated heterocycles. The van der Waals surface area contributed by atoms with Crippen molar-refractivity contribution in [2.45, 2.75) is 0 Å². The van der Waals surface area contributed by atoms with Crippen LogP contribution >= 0.6 is 0 Å². The van der Waals surface area contributed by atoms with Gasteiger partial charge in [-0.25, -0.2) is 9.97 Å². The van der Waals surface area contributed by atoms with E-state index in [9.17, 15) is 0 Å². The van der Waals surface area contributed by atoms with Crippen molar-refractivity contribution in [2.24, 2.45) is 10.3 Å². The number of oxime groups is 2. The topological polar surface area (TPSA) is 69.0 Å². The molecule has 0 spiro atoms. The van der Waals surface area contributed by atoms with Gasteiger partial charge in [0.2, 0.25) is 0 Å². The Labute approximate surface area is 138 Å². The molecule has 6 nitrogen and oxygen atoms in total. The van der Waals surface area contributed by atoms with Crippen molar-refractivity contribution in [1.82, 2.24) is 9.97 Å². The minimum Gasteiger partial charge on any atom is -0.399 e. The fraction of sp³-hybridized carbons (Fsp3) is 0.111. The molecule has 2 aromatic carbocycles. The Kier molecular flexibility index (Phi) is 3.42. The average Bonchev–Trinajstić information content (AvgIpc) is 2.63. The van der Waals surface area contributed by atoms with Crippen LogP contribution in [-0.2, 0) is 9.68 Å². The van der Waals surface area contributed by atoms with Gasteiger partial charge in [0.05, 0.1) is 11.0 Å². The van der Waals surface area contributed by atoms with Gasteiger partial charge in [-0.1, -0.05) is 46.7 Å². The normalized spacial score (nSPS) is 16.1. The Morgan fingerprint density at radius 3 is 1.50 bits per heavy atom. The highest BCUT2D eigenvalue weighted by Gasteiger charge is 2.30. The van der Waals surface area contributed by atoms with Gasteiger partial charge in [0.25, 0.3) is 0 Å². The third-order valence-corrected chi connectivity index (χ3v) is 3.82. The molecule has 1 aliphatic rings. The zero-order chi connectivity index (χ0) is 16.5. The molecule has 6 heteroatoms. The lowest BCUT2D eigenvalue weighted by atomic mass is 9.88. The van der Waals surface area contributed by atoms with Crippen LogP contribution in [0.1, 0.15) is 22.5 Å². The number of benzene rings is 2. The Morgan fingerprint density at radius 2 is 1.08 bits per heavy atom. The van der Waals surface area contributed by atoms with Crippen LogP contribution in [0, 0.1) is 0 Å². The van der Waals surface area contributed by atoms with E-state index in [1.54, 1.807) is 0 Å².